The van der Waals surface area contributed by atoms with Crippen molar-refractivity contribution in [2.75, 3.05) is 0 Å². The van der Waals surface area contributed by atoms with Gasteiger partial charge >= 0.3 is 0 Å². The van der Waals surface area contributed by atoms with Gasteiger partial charge in [-0.15, -0.1) is 0 Å². The quantitative estimate of drug-likeness (QED) is 0.157. The zero-order valence-electron chi connectivity index (χ0n) is 32.8. The van der Waals surface area contributed by atoms with Gasteiger partial charge in [0.25, 0.3) is 0 Å². The Hall–Kier alpha value is -8.28. The van der Waals surface area contributed by atoms with Gasteiger partial charge in [0.1, 0.15) is 11.2 Å². The lowest BCUT2D eigenvalue weighted by Gasteiger charge is -2.15. The summed E-state index contributed by atoms with van der Waals surface area (Å²) in [5, 5.41) is 7.92. The smallest absolute Gasteiger partial charge is 0.164 e. The summed E-state index contributed by atoms with van der Waals surface area (Å²) in [5.74, 6) is 1.92. The van der Waals surface area contributed by atoms with Crippen LogP contribution in [0.3, 0.4) is 0 Å². The van der Waals surface area contributed by atoms with Gasteiger partial charge in [-0.3, -0.25) is 0 Å². The van der Waals surface area contributed by atoms with Crippen LogP contribution in [0.2, 0.25) is 0 Å². The zero-order valence-corrected chi connectivity index (χ0v) is 32.8. The minimum Gasteiger partial charge on any atom is -0.456 e. The molecule has 0 spiro atoms. The van der Waals surface area contributed by atoms with Gasteiger partial charge in [-0.25, -0.2) is 19.9 Å². The third kappa shape index (κ3) is 5.94. The number of aromatic nitrogens is 4. The third-order valence-corrected chi connectivity index (χ3v) is 11.7. The molecule has 0 N–H and O–H groups in total. The lowest BCUT2D eigenvalue weighted by Crippen LogP contribution is -2.00. The minimum absolute atomic E-state index is 0.634. The summed E-state index contributed by atoms with van der Waals surface area (Å²) in [4.78, 5) is 20.1. The van der Waals surface area contributed by atoms with Gasteiger partial charge in [-0.1, -0.05) is 176 Å². The van der Waals surface area contributed by atoms with Crippen LogP contribution in [-0.4, -0.2) is 19.9 Å². The molecule has 12 rings (SSSR count). The topological polar surface area (TPSA) is 64.7 Å². The van der Waals surface area contributed by atoms with Crippen LogP contribution in [0.5, 0.6) is 0 Å². The summed E-state index contributed by atoms with van der Waals surface area (Å²) in [6.45, 7) is 0. The molecule has 5 nitrogen and oxygen atoms in total. The number of fused-ring (bicyclic) bond motifs is 8. The van der Waals surface area contributed by atoms with Crippen LogP contribution in [-0.2, 0) is 0 Å². The number of furan rings is 1. The van der Waals surface area contributed by atoms with Crippen LogP contribution < -0.4 is 0 Å². The molecule has 0 unspecified atom stereocenters. The maximum Gasteiger partial charge on any atom is 0.164 e. The van der Waals surface area contributed by atoms with Gasteiger partial charge < -0.3 is 4.42 Å². The number of benzene rings is 9. The Kier molecular flexibility index (Phi) is 8.10. The van der Waals surface area contributed by atoms with Crippen LogP contribution >= 0.6 is 0 Å². The van der Waals surface area contributed by atoms with E-state index in [0.29, 0.717) is 17.5 Å². The molecule has 284 valence electrons. The first kappa shape index (κ1) is 34.7. The Morgan fingerprint density at radius 2 is 0.770 bits per heavy atom. The van der Waals surface area contributed by atoms with Gasteiger partial charge in [0.2, 0.25) is 0 Å². The van der Waals surface area contributed by atoms with Crippen molar-refractivity contribution in [2.24, 2.45) is 0 Å². The highest BCUT2D eigenvalue weighted by Gasteiger charge is 2.19. The van der Waals surface area contributed by atoms with Crippen molar-refractivity contribution in [2.45, 2.75) is 0 Å². The molecular weight excluding hydrogens is 745 g/mol. The Bertz CT molecular complexity index is 3560. The van der Waals surface area contributed by atoms with Crippen LogP contribution in [0.15, 0.2) is 211 Å². The van der Waals surface area contributed by atoms with E-state index in [1.165, 1.54) is 10.8 Å². The predicted molar refractivity (Wildman–Crippen MR) is 250 cm³/mol. The molecule has 0 amide bonds. The van der Waals surface area contributed by atoms with Crippen molar-refractivity contribution in [3.63, 3.8) is 0 Å². The second-order valence-corrected chi connectivity index (χ2v) is 15.3. The van der Waals surface area contributed by atoms with Crippen molar-refractivity contribution >= 4 is 54.4 Å². The Morgan fingerprint density at radius 1 is 0.279 bits per heavy atom. The molecule has 0 aliphatic rings. The summed E-state index contributed by atoms with van der Waals surface area (Å²) < 4.78 is 6.43. The number of nitrogens with zero attached hydrogens (tertiary/aromatic N) is 4. The molecule has 0 radical (unpaired) electrons. The molecule has 3 heterocycles. The number of hydrogen-bond donors (Lipinski definition) is 0. The molecule has 0 atom stereocenters. The highest BCUT2D eigenvalue weighted by molar-refractivity contribution is 6.28. The van der Waals surface area contributed by atoms with Crippen LogP contribution in [0.4, 0.5) is 0 Å². The maximum atomic E-state index is 6.43. The SMILES string of the molecule is c1ccc(-c2nc(-c3ccccc3)nc(-c3ccc(-c4ccc(-c5ccc6nc(-c7ccccc7)c7ccc8oc9ccccc9c8c7c6c5)c5ccccc45)cc3)n2)cc1. The molecule has 0 saturated heterocycles. The number of rotatable bonds is 6. The molecule has 9 aromatic carbocycles. The monoisotopic (exact) mass is 778 g/mol. The van der Waals surface area contributed by atoms with Gasteiger partial charge in [-0.05, 0) is 63.4 Å². The number of pyridine rings is 1. The Labute approximate surface area is 351 Å². The second-order valence-electron chi connectivity index (χ2n) is 15.3. The van der Waals surface area contributed by atoms with E-state index >= 15 is 0 Å². The summed E-state index contributed by atoms with van der Waals surface area (Å²) in [6, 6.07) is 71.7. The minimum atomic E-state index is 0.634. The van der Waals surface area contributed by atoms with E-state index in [-0.39, 0.29) is 0 Å². The van der Waals surface area contributed by atoms with Crippen molar-refractivity contribution in [1.29, 1.82) is 0 Å². The average Bonchev–Trinajstić information content (AvgIpc) is 3.73. The third-order valence-electron chi connectivity index (χ3n) is 11.7. The van der Waals surface area contributed by atoms with E-state index in [0.717, 1.165) is 93.8 Å². The first-order valence-electron chi connectivity index (χ1n) is 20.5. The molecule has 12 aromatic rings. The van der Waals surface area contributed by atoms with Gasteiger partial charge in [0.15, 0.2) is 17.5 Å². The van der Waals surface area contributed by atoms with Gasteiger partial charge in [-0.2, -0.15) is 0 Å². The molecule has 61 heavy (non-hydrogen) atoms. The number of para-hydroxylation sites is 1. The summed E-state index contributed by atoms with van der Waals surface area (Å²) >= 11 is 0. The van der Waals surface area contributed by atoms with E-state index in [1.807, 2.05) is 78.9 Å². The van der Waals surface area contributed by atoms with E-state index < -0.39 is 0 Å². The molecule has 3 aromatic heterocycles. The summed E-state index contributed by atoms with van der Waals surface area (Å²) in [7, 11) is 0. The van der Waals surface area contributed by atoms with Crippen LogP contribution in [0.1, 0.15) is 0 Å². The van der Waals surface area contributed by atoms with E-state index in [9.17, 15) is 0 Å². The van der Waals surface area contributed by atoms with Crippen LogP contribution in [0, 0.1) is 0 Å². The summed E-state index contributed by atoms with van der Waals surface area (Å²) in [6.07, 6.45) is 0. The van der Waals surface area contributed by atoms with E-state index in [1.54, 1.807) is 0 Å². The van der Waals surface area contributed by atoms with Crippen LogP contribution in [0.25, 0.3) is 122 Å². The molecule has 0 aliphatic carbocycles. The largest absolute Gasteiger partial charge is 0.456 e. The van der Waals surface area contributed by atoms with E-state index in [4.69, 9.17) is 24.4 Å². The van der Waals surface area contributed by atoms with Gasteiger partial charge in [0.05, 0.1) is 11.2 Å². The number of hydrogen-bond acceptors (Lipinski definition) is 5. The maximum absolute atomic E-state index is 6.43. The first-order valence-corrected chi connectivity index (χ1v) is 20.5. The average molecular weight is 779 g/mol. The van der Waals surface area contributed by atoms with Crippen molar-refractivity contribution in [1.82, 2.24) is 19.9 Å². The highest BCUT2D eigenvalue weighted by atomic mass is 16.3. The highest BCUT2D eigenvalue weighted by Crippen LogP contribution is 2.43. The fraction of sp³-hybridized carbons (Fsp3) is 0. The van der Waals surface area contributed by atoms with Crippen molar-refractivity contribution < 1.29 is 4.42 Å². The molecular formula is C56H34N4O. The lowest BCUT2D eigenvalue weighted by atomic mass is 9.90. The van der Waals surface area contributed by atoms with E-state index in [2.05, 4.69) is 127 Å². The zero-order chi connectivity index (χ0) is 40.3. The molecule has 0 aliphatic heterocycles. The summed E-state index contributed by atoms with van der Waals surface area (Å²) in [5.41, 5.74) is 12.1. The van der Waals surface area contributed by atoms with Gasteiger partial charge in [0, 0.05) is 49.2 Å². The Balaban J connectivity index is 0.985. The molecule has 0 bridgehead atoms. The standard InChI is InChI=1S/C56H34N4O/c1-4-14-36(15-5-1)53-46-31-33-50-52(45-22-12-13-23-49(45)61-50)51(46)47-34-40(28-32-48(47)57-53)42-30-29-41(43-20-10-11-21-44(42)43)35-24-26-39(27-25-35)56-59-54(37-16-6-2-7-17-37)58-55(60-56)38-18-8-3-9-19-38/h1-34H. The van der Waals surface area contributed by atoms with Crippen molar-refractivity contribution in [3.05, 3.63) is 206 Å². The molecule has 0 saturated carbocycles. The molecule has 5 heteroatoms. The normalized spacial score (nSPS) is 11.6. The first-order chi connectivity index (χ1) is 30.2. The fourth-order valence-electron chi connectivity index (χ4n) is 8.83. The molecule has 0 fully saturated rings. The fourth-order valence-corrected chi connectivity index (χ4v) is 8.83. The Morgan fingerprint density at radius 3 is 1.39 bits per heavy atom. The van der Waals surface area contributed by atoms with Crippen molar-refractivity contribution in [3.8, 4) is 67.7 Å². The second kappa shape index (κ2) is 14.2. The predicted octanol–water partition coefficient (Wildman–Crippen LogP) is 14.6. The lowest BCUT2D eigenvalue weighted by molar-refractivity contribution is 0.669.